The minimum absolute atomic E-state index is 0.0316. The molecule has 4 nitrogen and oxygen atoms in total. The highest BCUT2D eigenvalue weighted by Gasteiger charge is 2.28. The summed E-state index contributed by atoms with van der Waals surface area (Å²) in [5, 5.41) is 3.12. The monoisotopic (exact) mass is 331 g/mol. The summed E-state index contributed by atoms with van der Waals surface area (Å²) in [6.45, 7) is 0. The van der Waals surface area contributed by atoms with Gasteiger partial charge in [0.15, 0.2) is 9.84 Å². The molecule has 1 aliphatic heterocycles. The maximum atomic E-state index is 11.4. The summed E-state index contributed by atoms with van der Waals surface area (Å²) in [6, 6.07) is 7.78. The van der Waals surface area contributed by atoms with Crippen LogP contribution in [0.2, 0.25) is 0 Å². The fourth-order valence-electron chi connectivity index (χ4n) is 1.99. The summed E-state index contributed by atoms with van der Waals surface area (Å²) in [6.07, 6.45) is 0.644. The first-order valence-electron chi connectivity index (χ1n) is 6.25. The Balaban J connectivity index is 1.77. The molecule has 0 bridgehead atoms. The minimum atomic E-state index is -2.86. The van der Waals surface area contributed by atoms with Crippen LogP contribution in [0.1, 0.15) is 12.0 Å². The highest BCUT2D eigenvalue weighted by molar-refractivity contribution is 8.22. The highest BCUT2D eigenvalue weighted by Crippen LogP contribution is 2.18. The standard InChI is InChI=1S/C13H17NO3S3/c1-17-12-4-2-10(3-5-12)8-19-13(18)14-11-6-7-20(15,16)9-11/h2-5,11H,6-9H2,1H3,(H,14,18)/t11-/m1/s1. The average molecular weight is 331 g/mol. The normalized spacial score (nSPS) is 20.6. The van der Waals surface area contributed by atoms with Crippen molar-refractivity contribution in [2.24, 2.45) is 0 Å². The van der Waals surface area contributed by atoms with Crippen molar-refractivity contribution in [1.29, 1.82) is 0 Å². The van der Waals surface area contributed by atoms with Crippen molar-refractivity contribution in [1.82, 2.24) is 5.32 Å². The Hall–Kier alpha value is -0.790. The van der Waals surface area contributed by atoms with Gasteiger partial charge in [-0.25, -0.2) is 8.42 Å². The van der Waals surface area contributed by atoms with Crippen LogP contribution in [0.3, 0.4) is 0 Å². The molecule has 20 heavy (non-hydrogen) atoms. The van der Waals surface area contributed by atoms with E-state index in [2.05, 4.69) is 5.32 Å². The predicted octanol–water partition coefficient (Wildman–Crippen LogP) is 1.99. The Morgan fingerprint density at radius 1 is 1.45 bits per heavy atom. The first kappa shape index (κ1) is 15.6. The molecule has 0 amide bonds. The molecule has 1 fully saturated rings. The smallest absolute Gasteiger partial charge is 0.152 e. The number of rotatable bonds is 4. The van der Waals surface area contributed by atoms with E-state index in [0.717, 1.165) is 17.1 Å². The lowest BCUT2D eigenvalue weighted by Crippen LogP contribution is -2.32. The molecule has 0 radical (unpaired) electrons. The van der Waals surface area contributed by atoms with Gasteiger partial charge in [0.1, 0.15) is 10.1 Å². The SMILES string of the molecule is COc1ccc(CSC(=S)N[C@@H]2CCS(=O)(=O)C2)cc1. The molecule has 110 valence electrons. The summed E-state index contributed by atoms with van der Waals surface area (Å²) in [4.78, 5) is 0. The van der Waals surface area contributed by atoms with Crippen LogP contribution < -0.4 is 10.1 Å². The van der Waals surface area contributed by atoms with Crippen molar-refractivity contribution in [2.45, 2.75) is 18.2 Å². The van der Waals surface area contributed by atoms with Crippen LogP contribution in [0.25, 0.3) is 0 Å². The number of nitrogens with one attached hydrogen (secondary N) is 1. The van der Waals surface area contributed by atoms with Crippen LogP contribution >= 0.6 is 24.0 Å². The molecule has 2 rings (SSSR count). The molecule has 1 saturated heterocycles. The molecule has 0 unspecified atom stereocenters. The van der Waals surface area contributed by atoms with Gasteiger partial charge in [-0.05, 0) is 24.1 Å². The molecule has 1 N–H and O–H groups in total. The van der Waals surface area contributed by atoms with E-state index in [1.54, 1.807) is 7.11 Å². The molecular formula is C13H17NO3S3. The third kappa shape index (κ3) is 4.64. The molecule has 0 aliphatic carbocycles. The van der Waals surface area contributed by atoms with Gasteiger partial charge in [0, 0.05) is 11.8 Å². The van der Waals surface area contributed by atoms with E-state index in [-0.39, 0.29) is 17.5 Å². The average Bonchev–Trinajstić information content (AvgIpc) is 2.76. The number of hydrogen-bond donors (Lipinski definition) is 1. The number of benzene rings is 1. The van der Waals surface area contributed by atoms with Gasteiger partial charge in [-0.1, -0.05) is 36.1 Å². The largest absolute Gasteiger partial charge is 0.497 e. The zero-order chi connectivity index (χ0) is 14.6. The van der Waals surface area contributed by atoms with E-state index < -0.39 is 9.84 Å². The molecule has 1 atom stereocenters. The lowest BCUT2D eigenvalue weighted by molar-refractivity contribution is 0.414. The maximum absolute atomic E-state index is 11.4. The molecular weight excluding hydrogens is 314 g/mol. The van der Waals surface area contributed by atoms with E-state index in [9.17, 15) is 8.42 Å². The molecule has 0 spiro atoms. The molecule has 1 aromatic carbocycles. The molecule has 1 aliphatic rings. The molecule has 1 heterocycles. The van der Waals surface area contributed by atoms with Crippen LogP contribution in [-0.4, -0.2) is 37.4 Å². The summed E-state index contributed by atoms with van der Waals surface area (Å²) in [7, 11) is -1.22. The van der Waals surface area contributed by atoms with Gasteiger partial charge in [0.2, 0.25) is 0 Å². The lowest BCUT2D eigenvalue weighted by atomic mass is 10.2. The van der Waals surface area contributed by atoms with Gasteiger partial charge in [-0.3, -0.25) is 0 Å². The second kappa shape index (κ2) is 6.78. The maximum Gasteiger partial charge on any atom is 0.152 e. The predicted molar refractivity (Wildman–Crippen MR) is 87.1 cm³/mol. The summed E-state index contributed by atoms with van der Waals surface area (Å²) in [5.74, 6) is 2.04. The van der Waals surface area contributed by atoms with E-state index in [1.807, 2.05) is 24.3 Å². The van der Waals surface area contributed by atoms with Gasteiger partial charge < -0.3 is 10.1 Å². The van der Waals surface area contributed by atoms with E-state index >= 15 is 0 Å². The number of thioether (sulfide) groups is 1. The number of thiocarbonyl (C=S) groups is 1. The Morgan fingerprint density at radius 2 is 2.15 bits per heavy atom. The van der Waals surface area contributed by atoms with Gasteiger partial charge in [0.05, 0.1) is 18.6 Å². The lowest BCUT2D eigenvalue weighted by Gasteiger charge is -2.12. The van der Waals surface area contributed by atoms with Crippen molar-refractivity contribution in [3.8, 4) is 5.75 Å². The van der Waals surface area contributed by atoms with Crippen LogP contribution in [-0.2, 0) is 15.6 Å². The topological polar surface area (TPSA) is 55.4 Å². The van der Waals surface area contributed by atoms with Crippen LogP contribution in [0.5, 0.6) is 5.75 Å². The van der Waals surface area contributed by atoms with Gasteiger partial charge in [0.25, 0.3) is 0 Å². The van der Waals surface area contributed by atoms with Crippen molar-refractivity contribution >= 4 is 38.1 Å². The highest BCUT2D eigenvalue weighted by atomic mass is 32.2. The third-order valence-corrected chi connectivity index (χ3v) is 6.18. The Bertz CT molecular complexity index is 569. The summed E-state index contributed by atoms with van der Waals surface area (Å²) < 4.78 is 28.5. The second-order valence-electron chi connectivity index (χ2n) is 4.67. The summed E-state index contributed by atoms with van der Waals surface area (Å²) in [5.41, 5.74) is 1.15. The number of sulfone groups is 1. The summed E-state index contributed by atoms with van der Waals surface area (Å²) >= 11 is 6.76. The van der Waals surface area contributed by atoms with Crippen LogP contribution in [0.15, 0.2) is 24.3 Å². The van der Waals surface area contributed by atoms with Gasteiger partial charge >= 0.3 is 0 Å². The zero-order valence-electron chi connectivity index (χ0n) is 11.2. The van der Waals surface area contributed by atoms with E-state index in [1.165, 1.54) is 11.8 Å². The number of ether oxygens (including phenoxy) is 1. The van der Waals surface area contributed by atoms with Crippen molar-refractivity contribution in [3.63, 3.8) is 0 Å². The molecule has 0 saturated carbocycles. The fourth-order valence-corrected chi connectivity index (χ4v) is 4.74. The third-order valence-electron chi connectivity index (χ3n) is 3.08. The van der Waals surface area contributed by atoms with Crippen molar-refractivity contribution in [3.05, 3.63) is 29.8 Å². The Labute approximate surface area is 129 Å². The first-order valence-corrected chi connectivity index (χ1v) is 9.47. The zero-order valence-corrected chi connectivity index (χ0v) is 13.6. The van der Waals surface area contributed by atoms with Gasteiger partial charge in [-0.2, -0.15) is 0 Å². The molecule has 1 aromatic rings. The van der Waals surface area contributed by atoms with E-state index in [0.29, 0.717) is 10.7 Å². The second-order valence-corrected chi connectivity index (χ2v) is 8.55. The van der Waals surface area contributed by atoms with Crippen LogP contribution in [0, 0.1) is 0 Å². The Kier molecular flexibility index (Phi) is 5.29. The Morgan fingerprint density at radius 3 is 2.70 bits per heavy atom. The minimum Gasteiger partial charge on any atom is -0.497 e. The van der Waals surface area contributed by atoms with Crippen LogP contribution in [0.4, 0.5) is 0 Å². The fraction of sp³-hybridized carbons (Fsp3) is 0.462. The molecule has 0 aromatic heterocycles. The van der Waals surface area contributed by atoms with E-state index in [4.69, 9.17) is 17.0 Å². The first-order chi connectivity index (χ1) is 9.48. The number of hydrogen-bond acceptors (Lipinski definition) is 5. The van der Waals surface area contributed by atoms with Gasteiger partial charge in [-0.15, -0.1) is 0 Å². The van der Waals surface area contributed by atoms with Crippen molar-refractivity contribution in [2.75, 3.05) is 18.6 Å². The molecule has 7 heteroatoms. The number of methoxy groups -OCH3 is 1. The quantitative estimate of drug-likeness (QED) is 0.852. The van der Waals surface area contributed by atoms with Crippen molar-refractivity contribution < 1.29 is 13.2 Å².